The number of nitrogens with one attached hydrogen (secondary N) is 2. The summed E-state index contributed by atoms with van der Waals surface area (Å²) in [6.07, 6.45) is 3.41. The minimum absolute atomic E-state index is 0.0632. The van der Waals surface area contributed by atoms with Gasteiger partial charge in [0.25, 0.3) is 0 Å². The fraction of sp³-hybridized carbons (Fsp3) is 0.176. The maximum Gasteiger partial charge on any atom is 0.234 e. The lowest BCUT2D eigenvalue weighted by Gasteiger charge is -2.18. The Morgan fingerprint density at radius 1 is 1.19 bits per heavy atom. The van der Waals surface area contributed by atoms with E-state index in [-0.39, 0.29) is 18.5 Å². The number of benzene rings is 1. The van der Waals surface area contributed by atoms with Gasteiger partial charge in [-0.1, -0.05) is 42.5 Å². The Balaban J connectivity index is 2.10. The maximum absolute atomic E-state index is 11.7. The number of carbonyl (C=O) groups is 1. The SMILES string of the molecule is C=CCNC(=O)CN[C@H](c1ccccc1)c1ccccn1. The Morgan fingerprint density at radius 3 is 2.62 bits per heavy atom. The molecule has 2 rings (SSSR count). The second-order valence-electron chi connectivity index (χ2n) is 4.57. The van der Waals surface area contributed by atoms with Gasteiger partial charge in [0.1, 0.15) is 0 Å². The molecule has 0 aliphatic heterocycles. The Kier molecular flexibility index (Phi) is 5.67. The zero-order valence-electron chi connectivity index (χ0n) is 11.8. The first-order chi connectivity index (χ1) is 10.3. The molecule has 0 radical (unpaired) electrons. The number of carbonyl (C=O) groups excluding carboxylic acids is 1. The van der Waals surface area contributed by atoms with E-state index in [4.69, 9.17) is 0 Å². The first kappa shape index (κ1) is 14.9. The smallest absolute Gasteiger partial charge is 0.234 e. The lowest BCUT2D eigenvalue weighted by molar-refractivity contribution is -0.120. The van der Waals surface area contributed by atoms with Crippen LogP contribution in [0.1, 0.15) is 17.3 Å². The van der Waals surface area contributed by atoms with Crippen molar-refractivity contribution in [3.63, 3.8) is 0 Å². The molecule has 4 nitrogen and oxygen atoms in total. The second-order valence-corrected chi connectivity index (χ2v) is 4.57. The van der Waals surface area contributed by atoms with Crippen LogP contribution >= 0.6 is 0 Å². The summed E-state index contributed by atoms with van der Waals surface area (Å²) in [4.78, 5) is 16.1. The third kappa shape index (κ3) is 4.54. The molecule has 1 amide bonds. The van der Waals surface area contributed by atoms with Gasteiger partial charge >= 0.3 is 0 Å². The molecule has 1 atom stereocenters. The van der Waals surface area contributed by atoms with Crippen LogP contribution < -0.4 is 10.6 Å². The van der Waals surface area contributed by atoms with Gasteiger partial charge in [-0.15, -0.1) is 6.58 Å². The van der Waals surface area contributed by atoms with Crippen LogP contribution in [-0.4, -0.2) is 24.0 Å². The largest absolute Gasteiger partial charge is 0.352 e. The highest BCUT2D eigenvalue weighted by atomic mass is 16.1. The standard InChI is InChI=1S/C17H19N3O/c1-2-11-19-16(21)13-20-17(14-8-4-3-5-9-14)15-10-6-7-12-18-15/h2-10,12,17,20H,1,11,13H2,(H,19,21)/t17-/m1/s1. The van der Waals surface area contributed by atoms with Crippen LogP contribution in [0.4, 0.5) is 0 Å². The summed E-state index contributed by atoms with van der Waals surface area (Å²) in [5.74, 6) is -0.0632. The average molecular weight is 281 g/mol. The Hall–Kier alpha value is -2.46. The molecule has 2 N–H and O–H groups in total. The predicted molar refractivity (Wildman–Crippen MR) is 83.7 cm³/mol. The molecule has 1 aromatic heterocycles. The van der Waals surface area contributed by atoms with Gasteiger partial charge in [-0.25, -0.2) is 0 Å². The van der Waals surface area contributed by atoms with Crippen molar-refractivity contribution in [2.45, 2.75) is 6.04 Å². The third-order valence-electron chi connectivity index (χ3n) is 3.03. The van der Waals surface area contributed by atoms with E-state index in [1.165, 1.54) is 0 Å². The van der Waals surface area contributed by atoms with E-state index >= 15 is 0 Å². The molecule has 0 spiro atoms. The normalized spacial score (nSPS) is 11.6. The molecular formula is C17H19N3O. The van der Waals surface area contributed by atoms with Crippen molar-refractivity contribution in [3.8, 4) is 0 Å². The first-order valence-corrected chi connectivity index (χ1v) is 6.88. The molecule has 0 saturated heterocycles. The zero-order valence-corrected chi connectivity index (χ0v) is 11.8. The Morgan fingerprint density at radius 2 is 1.95 bits per heavy atom. The number of hydrogen-bond donors (Lipinski definition) is 2. The van der Waals surface area contributed by atoms with Gasteiger partial charge in [0.2, 0.25) is 5.91 Å². The fourth-order valence-electron chi connectivity index (χ4n) is 2.03. The molecule has 4 heteroatoms. The van der Waals surface area contributed by atoms with Crippen LogP contribution in [-0.2, 0) is 4.79 Å². The van der Waals surface area contributed by atoms with Crippen molar-refractivity contribution in [1.82, 2.24) is 15.6 Å². The van der Waals surface area contributed by atoms with Gasteiger partial charge < -0.3 is 5.32 Å². The number of pyridine rings is 1. The molecule has 0 aliphatic carbocycles. The molecular weight excluding hydrogens is 262 g/mol. The van der Waals surface area contributed by atoms with Crippen LogP contribution in [0, 0.1) is 0 Å². The summed E-state index contributed by atoms with van der Waals surface area (Å²) >= 11 is 0. The van der Waals surface area contributed by atoms with Crippen molar-refractivity contribution in [3.05, 3.63) is 78.6 Å². The first-order valence-electron chi connectivity index (χ1n) is 6.88. The van der Waals surface area contributed by atoms with E-state index in [0.29, 0.717) is 6.54 Å². The molecule has 108 valence electrons. The maximum atomic E-state index is 11.7. The second kappa shape index (κ2) is 7.97. The van der Waals surface area contributed by atoms with Crippen LogP contribution in [0.25, 0.3) is 0 Å². The number of aromatic nitrogens is 1. The van der Waals surface area contributed by atoms with E-state index in [9.17, 15) is 4.79 Å². The van der Waals surface area contributed by atoms with E-state index in [1.807, 2.05) is 48.5 Å². The summed E-state index contributed by atoms with van der Waals surface area (Å²) in [6.45, 7) is 4.28. The highest BCUT2D eigenvalue weighted by Gasteiger charge is 2.15. The third-order valence-corrected chi connectivity index (χ3v) is 3.03. The van der Waals surface area contributed by atoms with Gasteiger partial charge in [0, 0.05) is 12.7 Å². The molecule has 1 aromatic carbocycles. The van der Waals surface area contributed by atoms with E-state index in [1.54, 1.807) is 12.3 Å². The summed E-state index contributed by atoms with van der Waals surface area (Å²) in [5.41, 5.74) is 1.97. The van der Waals surface area contributed by atoms with Crippen LogP contribution in [0.3, 0.4) is 0 Å². The fourth-order valence-corrected chi connectivity index (χ4v) is 2.03. The monoisotopic (exact) mass is 281 g/mol. The van der Waals surface area contributed by atoms with Crippen LogP contribution in [0.5, 0.6) is 0 Å². The minimum Gasteiger partial charge on any atom is -0.352 e. The Bertz CT molecular complexity index is 530. The van der Waals surface area contributed by atoms with Gasteiger partial charge in [-0.05, 0) is 17.7 Å². The molecule has 0 unspecified atom stereocenters. The quantitative estimate of drug-likeness (QED) is 0.764. The summed E-state index contributed by atoms with van der Waals surface area (Å²) in [6, 6.07) is 15.6. The molecule has 0 aliphatic rings. The van der Waals surface area contributed by atoms with Gasteiger partial charge in [-0.3, -0.25) is 15.1 Å². The number of hydrogen-bond acceptors (Lipinski definition) is 3. The van der Waals surface area contributed by atoms with Crippen LogP contribution in [0.2, 0.25) is 0 Å². The highest BCUT2D eigenvalue weighted by molar-refractivity contribution is 5.78. The molecule has 0 fully saturated rings. The zero-order chi connectivity index (χ0) is 14.9. The van der Waals surface area contributed by atoms with Crippen molar-refractivity contribution in [1.29, 1.82) is 0 Å². The summed E-state index contributed by atoms with van der Waals surface area (Å²) in [7, 11) is 0. The molecule has 21 heavy (non-hydrogen) atoms. The lowest BCUT2D eigenvalue weighted by Crippen LogP contribution is -2.36. The Labute approximate surface area is 124 Å². The van der Waals surface area contributed by atoms with Crippen molar-refractivity contribution < 1.29 is 4.79 Å². The number of rotatable bonds is 7. The summed E-state index contributed by atoms with van der Waals surface area (Å²) in [5, 5.41) is 6.00. The average Bonchev–Trinajstić information content (AvgIpc) is 2.55. The van der Waals surface area contributed by atoms with Crippen molar-refractivity contribution in [2.24, 2.45) is 0 Å². The highest BCUT2D eigenvalue weighted by Crippen LogP contribution is 2.19. The van der Waals surface area contributed by atoms with Crippen molar-refractivity contribution >= 4 is 5.91 Å². The lowest BCUT2D eigenvalue weighted by atomic mass is 10.0. The summed E-state index contributed by atoms with van der Waals surface area (Å²) < 4.78 is 0. The molecule has 0 bridgehead atoms. The topological polar surface area (TPSA) is 54.0 Å². The molecule has 0 saturated carbocycles. The van der Waals surface area contributed by atoms with Gasteiger partial charge in [0.15, 0.2) is 0 Å². The van der Waals surface area contributed by atoms with Gasteiger partial charge in [0.05, 0.1) is 18.3 Å². The van der Waals surface area contributed by atoms with E-state index < -0.39 is 0 Å². The predicted octanol–water partition coefficient (Wildman–Crippen LogP) is 2.06. The minimum atomic E-state index is -0.109. The van der Waals surface area contributed by atoms with Crippen LogP contribution in [0.15, 0.2) is 67.4 Å². The van der Waals surface area contributed by atoms with Crippen molar-refractivity contribution in [2.75, 3.05) is 13.1 Å². The van der Waals surface area contributed by atoms with E-state index in [2.05, 4.69) is 22.2 Å². The molecule has 2 aromatic rings. The van der Waals surface area contributed by atoms with E-state index in [0.717, 1.165) is 11.3 Å². The number of amides is 1. The number of nitrogens with zero attached hydrogens (tertiary/aromatic N) is 1. The van der Waals surface area contributed by atoms with Gasteiger partial charge in [-0.2, -0.15) is 0 Å². The molecule has 1 heterocycles.